The van der Waals surface area contributed by atoms with Crippen LogP contribution in [0.25, 0.3) is 0 Å². The number of rotatable bonds is 8. The van der Waals surface area contributed by atoms with Gasteiger partial charge in [-0.1, -0.05) is 18.2 Å². The van der Waals surface area contributed by atoms with Crippen molar-refractivity contribution in [2.24, 2.45) is 0 Å². The molecule has 0 aromatic heterocycles. The molecule has 2 heterocycles. The molecule has 32 heavy (non-hydrogen) atoms. The molecule has 168 valence electrons. The van der Waals surface area contributed by atoms with Crippen molar-refractivity contribution < 1.29 is 48.3 Å². The van der Waals surface area contributed by atoms with Crippen molar-refractivity contribution in [1.29, 1.82) is 0 Å². The molecule has 1 aromatic rings. The second kappa shape index (κ2) is 9.37. The van der Waals surface area contributed by atoms with Crippen molar-refractivity contribution in [1.82, 2.24) is 10.1 Å². The summed E-state index contributed by atoms with van der Waals surface area (Å²) in [7, 11) is 0. The largest absolute Gasteiger partial charge is 0.481 e. The third-order valence-corrected chi connectivity index (χ3v) is 4.56. The number of carboxylic acid groups (broad SMARTS) is 1. The number of hydroxylamine groups is 4. The molecule has 12 heteroatoms. The molecule has 1 N–H and O–H groups in total. The summed E-state index contributed by atoms with van der Waals surface area (Å²) in [4.78, 5) is 91.3. The number of carboxylic acids is 1. The zero-order valence-electron chi connectivity index (χ0n) is 16.7. The fraction of sp³-hybridized carbons (Fsp3) is 0.350. The van der Waals surface area contributed by atoms with Crippen LogP contribution in [-0.4, -0.2) is 56.8 Å². The highest BCUT2D eigenvalue weighted by atomic mass is 16.7. The molecular formula is C20H18N2O10. The highest BCUT2D eigenvalue weighted by Crippen LogP contribution is 2.18. The van der Waals surface area contributed by atoms with E-state index in [9.17, 15) is 33.6 Å². The van der Waals surface area contributed by atoms with E-state index >= 15 is 0 Å². The zero-order chi connectivity index (χ0) is 23.4. The Morgan fingerprint density at radius 3 is 1.28 bits per heavy atom. The van der Waals surface area contributed by atoms with Crippen LogP contribution in [0.5, 0.6) is 0 Å². The maximum atomic E-state index is 12.2. The van der Waals surface area contributed by atoms with E-state index in [1.165, 1.54) is 18.2 Å². The molecule has 2 fully saturated rings. The van der Waals surface area contributed by atoms with Gasteiger partial charge in [0.2, 0.25) is 0 Å². The standard InChI is InChI=1S/C20H18N2O10/c23-14-1-2-15(24)21(14)31-19(29)9-12-5-11(8-18(27)28)6-13(7-12)10-20(30)32-22-16(25)3-4-17(22)26/h5-7H,1-4,8-10H2,(H,27,28). The third-order valence-electron chi connectivity index (χ3n) is 4.56. The number of imide groups is 2. The molecule has 2 aliphatic rings. The van der Waals surface area contributed by atoms with E-state index in [0.29, 0.717) is 10.1 Å². The third kappa shape index (κ3) is 5.53. The normalized spacial score (nSPS) is 16.0. The highest BCUT2D eigenvalue weighted by Gasteiger charge is 2.34. The van der Waals surface area contributed by atoms with Crippen LogP contribution in [0.3, 0.4) is 0 Å². The first-order chi connectivity index (χ1) is 15.1. The number of amides is 4. The Morgan fingerprint density at radius 1 is 0.656 bits per heavy atom. The van der Waals surface area contributed by atoms with Crippen LogP contribution in [0.1, 0.15) is 42.4 Å². The predicted octanol–water partition coefficient (Wildman–Crippen LogP) is -0.387. The van der Waals surface area contributed by atoms with E-state index in [0.717, 1.165) is 0 Å². The minimum atomic E-state index is -1.15. The van der Waals surface area contributed by atoms with Crippen LogP contribution in [0, 0.1) is 0 Å². The van der Waals surface area contributed by atoms with Crippen LogP contribution in [0.2, 0.25) is 0 Å². The van der Waals surface area contributed by atoms with Gasteiger partial charge in [0.1, 0.15) is 0 Å². The van der Waals surface area contributed by atoms with E-state index in [2.05, 4.69) is 0 Å². The van der Waals surface area contributed by atoms with Crippen molar-refractivity contribution >= 4 is 41.5 Å². The van der Waals surface area contributed by atoms with Gasteiger partial charge in [-0.05, 0) is 16.7 Å². The first-order valence-electron chi connectivity index (χ1n) is 9.59. The van der Waals surface area contributed by atoms with Crippen molar-refractivity contribution in [2.45, 2.75) is 44.9 Å². The Hall–Kier alpha value is -4.09. The number of hydrogen-bond donors (Lipinski definition) is 1. The Balaban J connectivity index is 1.71. The SMILES string of the molecule is O=C(O)Cc1cc(CC(=O)ON2C(=O)CCC2=O)cc(CC(=O)ON2C(=O)CCC2=O)c1. The summed E-state index contributed by atoms with van der Waals surface area (Å²) in [5, 5.41) is 9.85. The average Bonchev–Trinajstić information content (AvgIpc) is 3.17. The molecule has 0 radical (unpaired) electrons. The van der Waals surface area contributed by atoms with Crippen molar-refractivity contribution in [3.8, 4) is 0 Å². The first-order valence-corrected chi connectivity index (χ1v) is 9.59. The molecule has 2 saturated heterocycles. The quantitative estimate of drug-likeness (QED) is 0.520. The number of nitrogens with zero attached hydrogens (tertiary/aromatic N) is 2. The number of benzene rings is 1. The molecule has 4 amide bonds. The van der Waals surface area contributed by atoms with Gasteiger partial charge in [-0.15, -0.1) is 10.1 Å². The summed E-state index contributed by atoms with van der Waals surface area (Å²) in [5.41, 5.74) is 0.806. The maximum Gasteiger partial charge on any atom is 0.337 e. The minimum absolute atomic E-state index is 0.0610. The Bertz CT molecular complexity index is 929. The van der Waals surface area contributed by atoms with E-state index in [-0.39, 0.29) is 42.4 Å². The van der Waals surface area contributed by atoms with Gasteiger partial charge < -0.3 is 14.8 Å². The van der Waals surface area contributed by atoms with Crippen molar-refractivity contribution in [2.75, 3.05) is 0 Å². The van der Waals surface area contributed by atoms with E-state index in [1.807, 2.05) is 0 Å². The lowest BCUT2D eigenvalue weighted by atomic mass is 10.00. The van der Waals surface area contributed by atoms with Crippen LogP contribution in [0.15, 0.2) is 18.2 Å². The number of aliphatic carboxylic acids is 1. The first kappa shape index (κ1) is 22.6. The summed E-state index contributed by atoms with van der Waals surface area (Å²) >= 11 is 0. The molecule has 12 nitrogen and oxygen atoms in total. The Kier molecular flexibility index (Phi) is 6.61. The molecule has 1 aromatic carbocycles. The predicted molar refractivity (Wildman–Crippen MR) is 99.5 cm³/mol. The van der Waals surface area contributed by atoms with Gasteiger partial charge in [0, 0.05) is 25.7 Å². The zero-order valence-corrected chi connectivity index (χ0v) is 16.7. The van der Waals surface area contributed by atoms with Gasteiger partial charge in [-0.25, -0.2) is 9.59 Å². The molecule has 0 unspecified atom stereocenters. The summed E-state index contributed by atoms with van der Waals surface area (Å²) in [6.07, 6.45) is -1.46. The highest BCUT2D eigenvalue weighted by molar-refractivity contribution is 6.02. The monoisotopic (exact) mass is 446 g/mol. The molecule has 2 aliphatic heterocycles. The van der Waals surface area contributed by atoms with Crippen LogP contribution < -0.4 is 0 Å². The van der Waals surface area contributed by atoms with Gasteiger partial charge in [0.15, 0.2) is 0 Å². The summed E-state index contributed by atoms with van der Waals surface area (Å²) in [6.45, 7) is 0. The molecular weight excluding hydrogens is 428 g/mol. The van der Waals surface area contributed by atoms with Gasteiger partial charge >= 0.3 is 17.9 Å². The van der Waals surface area contributed by atoms with Crippen LogP contribution in [-0.2, 0) is 62.5 Å². The second-order valence-electron chi connectivity index (χ2n) is 7.17. The van der Waals surface area contributed by atoms with Crippen LogP contribution in [0.4, 0.5) is 0 Å². The van der Waals surface area contributed by atoms with Crippen molar-refractivity contribution in [3.63, 3.8) is 0 Å². The number of hydrogen-bond acceptors (Lipinski definition) is 9. The van der Waals surface area contributed by atoms with E-state index in [4.69, 9.17) is 14.8 Å². The lowest BCUT2D eigenvalue weighted by Crippen LogP contribution is -2.33. The van der Waals surface area contributed by atoms with E-state index in [1.54, 1.807) is 0 Å². The topological polar surface area (TPSA) is 165 Å². The number of carbonyl (C=O) groups excluding carboxylic acids is 6. The smallest absolute Gasteiger partial charge is 0.337 e. The molecule has 0 saturated carbocycles. The molecule has 0 bridgehead atoms. The van der Waals surface area contributed by atoms with Crippen LogP contribution >= 0.6 is 0 Å². The van der Waals surface area contributed by atoms with Gasteiger partial charge in [0.05, 0.1) is 19.3 Å². The Labute approximate surface area is 180 Å². The fourth-order valence-corrected chi connectivity index (χ4v) is 3.24. The van der Waals surface area contributed by atoms with E-state index < -0.39 is 60.8 Å². The minimum Gasteiger partial charge on any atom is -0.481 e. The lowest BCUT2D eigenvalue weighted by molar-refractivity contribution is -0.197. The summed E-state index contributed by atoms with van der Waals surface area (Å²) in [5.74, 6) is -5.57. The summed E-state index contributed by atoms with van der Waals surface area (Å²) < 4.78 is 0. The molecule has 0 atom stereocenters. The number of carbonyl (C=O) groups is 7. The molecule has 0 spiro atoms. The average molecular weight is 446 g/mol. The lowest BCUT2D eigenvalue weighted by Gasteiger charge is -2.14. The van der Waals surface area contributed by atoms with Gasteiger partial charge in [0.25, 0.3) is 23.6 Å². The molecule has 0 aliphatic carbocycles. The Morgan fingerprint density at radius 2 is 0.969 bits per heavy atom. The maximum absolute atomic E-state index is 12.2. The summed E-state index contributed by atoms with van der Waals surface area (Å²) in [6, 6.07) is 4.23. The van der Waals surface area contributed by atoms with Crippen molar-refractivity contribution in [3.05, 3.63) is 34.9 Å². The van der Waals surface area contributed by atoms with Gasteiger partial charge in [-0.2, -0.15) is 0 Å². The van der Waals surface area contributed by atoms with Gasteiger partial charge in [-0.3, -0.25) is 24.0 Å². The molecule has 3 rings (SSSR count). The second-order valence-corrected chi connectivity index (χ2v) is 7.17. The fourth-order valence-electron chi connectivity index (χ4n) is 3.24.